The van der Waals surface area contributed by atoms with Gasteiger partial charge in [0.1, 0.15) is 0 Å². The van der Waals surface area contributed by atoms with Gasteiger partial charge in [0, 0.05) is 26.2 Å². The molecule has 0 fully saturated rings. The van der Waals surface area contributed by atoms with Crippen LogP contribution in [0.25, 0.3) is 0 Å². The van der Waals surface area contributed by atoms with Crippen LogP contribution in [-0.4, -0.2) is 32.0 Å². The summed E-state index contributed by atoms with van der Waals surface area (Å²) in [5, 5.41) is 0. The molecule has 17 heavy (non-hydrogen) atoms. The first-order valence-corrected chi connectivity index (χ1v) is 5.45. The number of carbonyl (C=O) groups excluding carboxylic acids is 2. The standard InChI is InChI=1S/C13H15NO3/c1-13(8-15)7-9-6-10(14(2)3)4-5-11(9)12(16)17-13/h4-6,8H,7H2,1-3H3. The van der Waals surface area contributed by atoms with Gasteiger partial charge in [0.15, 0.2) is 11.9 Å². The maximum absolute atomic E-state index is 11.7. The van der Waals surface area contributed by atoms with E-state index in [9.17, 15) is 9.59 Å². The molecule has 0 N–H and O–H groups in total. The van der Waals surface area contributed by atoms with Gasteiger partial charge in [-0.1, -0.05) is 0 Å². The summed E-state index contributed by atoms with van der Waals surface area (Å²) in [5.41, 5.74) is 1.39. The SMILES string of the molecule is CN(C)c1ccc2c(c1)CC(C)(C=O)OC2=O. The summed E-state index contributed by atoms with van der Waals surface area (Å²) >= 11 is 0. The monoisotopic (exact) mass is 233 g/mol. The summed E-state index contributed by atoms with van der Waals surface area (Å²) in [6.07, 6.45) is 1.12. The molecule has 0 saturated heterocycles. The van der Waals surface area contributed by atoms with Crippen molar-refractivity contribution >= 4 is 17.9 Å². The number of cyclic esters (lactones) is 1. The van der Waals surface area contributed by atoms with Gasteiger partial charge >= 0.3 is 5.97 Å². The summed E-state index contributed by atoms with van der Waals surface area (Å²) in [6.45, 7) is 1.63. The molecule has 0 amide bonds. The van der Waals surface area contributed by atoms with Gasteiger partial charge in [-0.15, -0.1) is 0 Å². The first-order valence-electron chi connectivity index (χ1n) is 5.45. The zero-order valence-electron chi connectivity index (χ0n) is 10.2. The normalized spacial score (nSPS) is 22.6. The molecule has 1 atom stereocenters. The van der Waals surface area contributed by atoms with Crippen LogP contribution >= 0.6 is 0 Å². The molecule has 1 aliphatic rings. The van der Waals surface area contributed by atoms with E-state index < -0.39 is 11.6 Å². The van der Waals surface area contributed by atoms with Crippen molar-refractivity contribution in [3.8, 4) is 0 Å². The van der Waals surface area contributed by atoms with Crippen molar-refractivity contribution in [3.05, 3.63) is 29.3 Å². The van der Waals surface area contributed by atoms with Gasteiger partial charge in [0.25, 0.3) is 0 Å². The number of fused-ring (bicyclic) bond motifs is 1. The van der Waals surface area contributed by atoms with Crippen LogP contribution in [0.1, 0.15) is 22.8 Å². The van der Waals surface area contributed by atoms with E-state index >= 15 is 0 Å². The summed E-state index contributed by atoms with van der Waals surface area (Å²) < 4.78 is 5.13. The lowest BCUT2D eigenvalue weighted by Gasteiger charge is -2.30. The highest BCUT2D eigenvalue weighted by atomic mass is 16.6. The second-order valence-corrected chi connectivity index (χ2v) is 4.73. The Hall–Kier alpha value is -1.84. The number of rotatable bonds is 2. The second kappa shape index (κ2) is 3.87. The van der Waals surface area contributed by atoms with Crippen LogP contribution in [0.4, 0.5) is 5.69 Å². The van der Waals surface area contributed by atoms with Crippen LogP contribution in [-0.2, 0) is 16.0 Å². The third-order valence-corrected chi connectivity index (χ3v) is 2.94. The first kappa shape index (κ1) is 11.6. The minimum atomic E-state index is -1.03. The fraction of sp³-hybridized carbons (Fsp3) is 0.385. The highest BCUT2D eigenvalue weighted by Gasteiger charge is 2.36. The molecule has 4 heteroatoms. The van der Waals surface area contributed by atoms with Gasteiger partial charge in [-0.2, -0.15) is 0 Å². The molecule has 1 aliphatic heterocycles. The average molecular weight is 233 g/mol. The first-order chi connectivity index (χ1) is 7.95. The molecule has 0 bridgehead atoms. The van der Waals surface area contributed by atoms with E-state index in [4.69, 9.17) is 4.74 Å². The van der Waals surface area contributed by atoms with Crippen molar-refractivity contribution in [2.75, 3.05) is 19.0 Å². The lowest BCUT2D eigenvalue weighted by atomic mass is 9.90. The Bertz CT molecular complexity index is 482. The van der Waals surface area contributed by atoms with Crippen LogP contribution in [0, 0.1) is 0 Å². The van der Waals surface area contributed by atoms with Crippen molar-refractivity contribution in [1.29, 1.82) is 0 Å². The van der Waals surface area contributed by atoms with E-state index in [1.807, 2.05) is 31.1 Å². The molecule has 0 radical (unpaired) electrons. The van der Waals surface area contributed by atoms with Crippen LogP contribution in [0.15, 0.2) is 18.2 Å². The topological polar surface area (TPSA) is 46.6 Å². The number of carbonyl (C=O) groups is 2. The third-order valence-electron chi connectivity index (χ3n) is 2.94. The van der Waals surface area contributed by atoms with Crippen molar-refractivity contribution in [2.45, 2.75) is 18.9 Å². The van der Waals surface area contributed by atoms with Gasteiger partial charge in [0.2, 0.25) is 0 Å². The number of benzene rings is 1. The predicted molar refractivity (Wildman–Crippen MR) is 64.4 cm³/mol. The van der Waals surface area contributed by atoms with Crippen LogP contribution < -0.4 is 4.90 Å². The quantitative estimate of drug-likeness (QED) is 0.572. The van der Waals surface area contributed by atoms with Gasteiger partial charge in [-0.05, 0) is 30.7 Å². The molecule has 1 aromatic carbocycles. The van der Waals surface area contributed by atoms with Gasteiger partial charge in [-0.25, -0.2) is 4.79 Å². The summed E-state index contributed by atoms with van der Waals surface area (Å²) in [4.78, 5) is 24.7. The van der Waals surface area contributed by atoms with E-state index in [1.54, 1.807) is 13.0 Å². The Morgan fingerprint density at radius 2 is 2.12 bits per heavy atom. The minimum absolute atomic E-state index is 0.425. The second-order valence-electron chi connectivity index (χ2n) is 4.73. The van der Waals surface area contributed by atoms with E-state index in [-0.39, 0.29) is 0 Å². The van der Waals surface area contributed by atoms with Gasteiger partial charge in [0.05, 0.1) is 5.56 Å². The molecular weight excluding hydrogens is 218 g/mol. The number of ether oxygens (including phenoxy) is 1. The Labute approximate surface area is 100 Å². The largest absolute Gasteiger partial charge is 0.448 e. The molecule has 1 aromatic rings. The summed E-state index contributed by atoms with van der Waals surface area (Å²) in [6, 6.07) is 5.54. The maximum atomic E-state index is 11.7. The molecule has 0 spiro atoms. The zero-order valence-corrected chi connectivity index (χ0v) is 10.2. The van der Waals surface area contributed by atoms with E-state index in [1.165, 1.54) is 0 Å². The Kier molecular flexibility index (Phi) is 2.65. The van der Waals surface area contributed by atoms with Gasteiger partial charge in [-0.3, -0.25) is 4.79 Å². The number of hydrogen-bond donors (Lipinski definition) is 0. The molecule has 2 rings (SSSR count). The average Bonchev–Trinajstić information content (AvgIpc) is 2.28. The Balaban J connectivity index is 2.47. The van der Waals surface area contributed by atoms with Crippen LogP contribution in [0.3, 0.4) is 0 Å². The Morgan fingerprint density at radius 3 is 2.71 bits per heavy atom. The minimum Gasteiger partial charge on any atom is -0.448 e. The number of esters is 1. The molecule has 0 saturated carbocycles. The fourth-order valence-electron chi connectivity index (χ4n) is 1.95. The van der Waals surface area contributed by atoms with E-state index in [0.717, 1.165) is 11.3 Å². The smallest absolute Gasteiger partial charge is 0.339 e. The van der Waals surface area contributed by atoms with Crippen molar-refractivity contribution in [1.82, 2.24) is 0 Å². The molecule has 0 aliphatic carbocycles. The van der Waals surface area contributed by atoms with Crippen molar-refractivity contribution < 1.29 is 14.3 Å². The molecule has 0 aromatic heterocycles. The van der Waals surface area contributed by atoms with Gasteiger partial charge < -0.3 is 9.64 Å². The number of aldehydes is 1. The molecule has 1 unspecified atom stereocenters. The van der Waals surface area contributed by atoms with Crippen molar-refractivity contribution in [3.63, 3.8) is 0 Å². The van der Waals surface area contributed by atoms with E-state index in [0.29, 0.717) is 18.3 Å². The predicted octanol–water partition coefficient (Wildman–Crippen LogP) is 1.42. The number of hydrogen-bond acceptors (Lipinski definition) is 4. The molecule has 90 valence electrons. The highest BCUT2D eigenvalue weighted by molar-refractivity contribution is 5.95. The molecule has 4 nitrogen and oxygen atoms in total. The molecule has 1 heterocycles. The number of nitrogens with zero attached hydrogens (tertiary/aromatic N) is 1. The fourth-order valence-corrected chi connectivity index (χ4v) is 1.95. The van der Waals surface area contributed by atoms with Crippen molar-refractivity contribution in [2.24, 2.45) is 0 Å². The zero-order chi connectivity index (χ0) is 12.6. The number of anilines is 1. The van der Waals surface area contributed by atoms with Crippen LogP contribution in [0.2, 0.25) is 0 Å². The molecular formula is C13H15NO3. The third kappa shape index (κ3) is 2.02. The maximum Gasteiger partial charge on any atom is 0.339 e. The van der Waals surface area contributed by atoms with Crippen LogP contribution in [0.5, 0.6) is 0 Å². The lowest BCUT2D eigenvalue weighted by Crippen LogP contribution is -2.40. The Morgan fingerprint density at radius 1 is 1.41 bits per heavy atom. The summed E-state index contributed by atoms with van der Waals surface area (Å²) in [7, 11) is 3.86. The highest BCUT2D eigenvalue weighted by Crippen LogP contribution is 2.29. The summed E-state index contributed by atoms with van der Waals surface area (Å²) in [5.74, 6) is -0.425. The lowest BCUT2D eigenvalue weighted by molar-refractivity contribution is -0.124. The van der Waals surface area contributed by atoms with E-state index in [2.05, 4.69) is 0 Å².